The van der Waals surface area contributed by atoms with Crippen LogP contribution in [0.1, 0.15) is 10.7 Å². The van der Waals surface area contributed by atoms with Gasteiger partial charge >= 0.3 is 0 Å². The number of thiazole rings is 2. The van der Waals surface area contributed by atoms with E-state index in [-0.39, 0.29) is 17.0 Å². The Bertz CT molecular complexity index is 735. The second-order valence-electron chi connectivity index (χ2n) is 4.41. The highest BCUT2D eigenvalue weighted by atomic mass is 79.9. The third-order valence-electron chi connectivity index (χ3n) is 2.81. The summed E-state index contributed by atoms with van der Waals surface area (Å²) in [5.41, 5.74) is 2.25. The van der Waals surface area contributed by atoms with E-state index in [0.717, 1.165) is 26.0 Å². The number of aromatic nitrogens is 2. The quantitative estimate of drug-likeness (QED) is 0.613. The van der Waals surface area contributed by atoms with Crippen molar-refractivity contribution in [2.24, 2.45) is 0 Å². The number of aryl methyl sites for hydroxylation is 2. The highest BCUT2D eigenvalue weighted by Crippen LogP contribution is 2.34. The predicted octanol–water partition coefficient (Wildman–Crippen LogP) is 1.18. The average Bonchev–Trinajstić information content (AvgIpc) is 2.99. The van der Waals surface area contributed by atoms with Crippen molar-refractivity contribution >= 4 is 49.4 Å². The summed E-state index contributed by atoms with van der Waals surface area (Å²) in [7, 11) is 0. The predicted molar refractivity (Wildman–Crippen MR) is 88.1 cm³/mol. The van der Waals surface area contributed by atoms with Gasteiger partial charge in [0.2, 0.25) is 0 Å². The first-order chi connectivity index (χ1) is 9.61. The van der Waals surface area contributed by atoms with E-state index in [2.05, 4.69) is 50.3 Å². The second-order valence-corrected chi connectivity index (χ2v) is 7.59. The number of hydrogen-bond acceptors (Lipinski definition) is 4. The maximum atomic E-state index is 4.49. The van der Waals surface area contributed by atoms with E-state index in [0.29, 0.717) is 0 Å². The highest BCUT2D eigenvalue weighted by molar-refractivity contribution is 9.10. The second kappa shape index (κ2) is 7.11. The Labute approximate surface area is 150 Å². The van der Waals surface area contributed by atoms with Crippen molar-refractivity contribution in [2.45, 2.75) is 13.8 Å². The summed E-state index contributed by atoms with van der Waals surface area (Å²) < 4.78 is 1.09. The largest absolute Gasteiger partial charge is 1.00 e. The Morgan fingerprint density at radius 2 is 1.81 bits per heavy atom. The summed E-state index contributed by atoms with van der Waals surface area (Å²) >= 11 is 6.88. The van der Waals surface area contributed by atoms with E-state index < -0.39 is 0 Å². The lowest BCUT2D eigenvalue weighted by Crippen LogP contribution is -3.00. The molecule has 3 nitrogen and oxygen atoms in total. The molecule has 0 bridgehead atoms. The van der Waals surface area contributed by atoms with E-state index in [1.54, 1.807) is 22.7 Å². The molecule has 0 aliphatic carbocycles. The molecule has 0 amide bonds. The number of halogens is 2. The summed E-state index contributed by atoms with van der Waals surface area (Å²) in [6.07, 6.45) is 1.94. The summed E-state index contributed by atoms with van der Waals surface area (Å²) in [5.74, 6) is 0. The molecule has 21 heavy (non-hydrogen) atoms. The van der Waals surface area contributed by atoms with Gasteiger partial charge in [-0.3, -0.25) is 5.32 Å². The van der Waals surface area contributed by atoms with Crippen molar-refractivity contribution in [2.75, 3.05) is 0 Å². The molecule has 0 unspecified atom stereocenters. The van der Waals surface area contributed by atoms with E-state index in [1.165, 1.54) is 9.75 Å². The lowest BCUT2D eigenvalue weighted by molar-refractivity contribution is -0.478. The van der Waals surface area contributed by atoms with Gasteiger partial charge in [0.05, 0.1) is 26.7 Å². The Morgan fingerprint density at radius 3 is 2.43 bits per heavy atom. The molecule has 0 radical (unpaired) electrons. The van der Waals surface area contributed by atoms with Crippen LogP contribution < -0.4 is 22.3 Å². The number of hydrogen-bond donors (Lipinski definition) is 1. The third kappa shape index (κ3) is 3.98. The van der Waals surface area contributed by atoms with Crippen LogP contribution in [0.4, 0.5) is 10.8 Å². The van der Waals surface area contributed by atoms with Gasteiger partial charge in [0.1, 0.15) is 5.69 Å². The van der Waals surface area contributed by atoms with Crippen molar-refractivity contribution in [3.63, 3.8) is 0 Å². The number of quaternary nitrogens is 1. The van der Waals surface area contributed by atoms with Crippen molar-refractivity contribution in [3.8, 4) is 9.75 Å². The van der Waals surface area contributed by atoms with Crippen LogP contribution in [-0.4, -0.2) is 9.97 Å². The van der Waals surface area contributed by atoms with Crippen LogP contribution in [0.2, 0.25) is 0 Å². The molecule has 0 atom stereocenters. The summed E-state index contributed by atoms with van der Waals surface area (Å²) in [6.45, 7) is 4.09. The molecule has 2 heterocycles. The highest BCUT2D eigenvalue weighted by Gasteiger charge is 2.13. The van der Waals surface area contributed by atoms with Gasteiger partial charge in [-0.2, -0.15) is 4.98 Å². The molecular formula is C14H13Br2N3S2. The molecule has 2 N–H and O–H groups in total. The van der Waals surface area contributed by atoms with Crippen LogP contribution in [0.15, 0.2) is 34.9 Å². The van der Waals surface area contributed by atoms with Crippen LogP contribution in [0.5, 0.6) is 0 Å². The number of rotatable bonds is 3. The van der Waals surface area contributed by atoms with Gasteiger partial charge < -0.3 is 17.0 Å². The van der Waals surface area contributed by atoms with Crippen LogP contribution >= 0.6 is 38.6 Å². The van der Waals surface area contributed by atoms with E-state index >= 15 is 0 Å². The number of nitrogens with two attached hydrogens (primary N) is 1. The van der Waals surface area contributed by atoms with E-state index in [9.17, 15) is 0 Å². The van der Waals surface area contributed by atoms with Gasteiger partial charge in [-0.1, -0.05) is 27.3 Å². The zero-order valence-electron chi connectivity index (χ0n) is 11.4. The Balaban J connectivity index is 0.00000161. The van der Waals surface area contributed by atoms with Crippen molar-refractivity contribution in [1.29, 1.82) is 0 Å². The zero-order chi connectivity index (χ0) is 14.1. The minimum absolute atomic E-state index is 0. The van der Waals surface area contributed by atoms with Gasteiger partial charge in [0, 0.05) is 16.6 Å². The van der Waals surface area contributed by atoms with Gasteiger partial charge in [-0.15, -0.1) is 11.3 Å². The summed E-state index contributed by atoms with van der Waals surface area (Å²) in [4.78, 5) is 11.4. The van der Waals surface area contributed by atoms with Crippen LogP contribution in [0.3, 0.4) is 0 Å². The third-order valence-corrected chi connectivity index (χ3v) is 5.54. The molecule has 0 saturated carbocycles. The van der Waals surface area contributed by atoms with Gasteiger partial charge in [-0.05, 0) is 26.0 Å². The lowest BCUT2D eigenvalue weighted by atomic mass is 10.3. The van der Waals surface area contributed by atoms with Crippen LogP contribution in [0, 0.1) is 13.8 Å². The van der Waals surface area contributed by atoms with Crippen molar-refractivity contribution in [1.82, 2.24) is 9.97 Å². The smallest absolute Gasteiger partial charge is 0.288 e. The van der Waals surface area contributed by atoms with E-state index in [4.69, 9.17) is 0 Å². The van der Waals surface area contributed by atoms with Gasteiger partial charge in [0.15, 0.2) is 0 Å². The Morgan fingerprint density at radius 1 is 1.10 bits per heavy atom. The first-order valence-corrected chi connectivity index (χ1v) is 8.55. The molecule has 3 rings (SSSR count). The maximum absolute atomic E-state index is 4.49. The molecule has 0 aliphatic rings. The topological polar surface area (TPSA) is 42.4 Å². The normalized spacial score (nSPS) is 10.4. The SMILES string of the molecule is Cc1nc(C)c(-c2cnc([NH2+]c3ccc(Br)cc3)s2)s1.[Br-]. The fourth-order valence-corrected chi connectivity index (χ4v) is 4.13. The Kier molecular flexibility index (Phi) is 5.67. The fourth-order valence-electron chi connectivity index (χ4n) is 1.92. The number of nitrogens with zero attached hydrogens (tertiary/aromatic N) is 2. The zero-order valence-corrected chi connectivity index (χ0v) is 16.2. The van der Waals surface area contributed by atoms with Crippen LogP contribution in [0.25, 0.3) is 9.75 Å². The molecule has 110 valence electrons. The van der Waals surface area contributed by atoms with Crippen molar-refractivity contribution in [3.05, 3.63) is 45.6 Å². The molecule has 0 saturated heterocycles. The van der Waals surface area contributed by atoms with Gasteiger partial charge in [0.25, 0.3) is 5.13 Å². The molecular weight excluding hydrogens is 434 g/mol. The molecule has 2 aromatic heterocycles. The fraction of sp³-hybridized carbons (Fsp3) is 0.143. The lowest BCUT2D eigenvalue weighted by Gasteiger charge is -1.95. The molecule has 7 heteroatoms. The van der Waals surface area contributed by atoms with Crippen LogP contribution in [-0.2, 0) is 0 Å². The molecule has 1 aromatic carbocycles. The number of benzene rings is 1. The first-order valence-electron chi connectivity index (χ1n) is 6.12. The minimum atomic E-state index is 0. The van der Waals surface area contributed by atoms with Crippen molar-refractivity contribution < 1.29 is 22.3 Å². The summed E-state index contributed by atoms with van der Waals surface area (Å²) in [6, 6.07) is 8.23. The van der Waals surface area contributed by atoms with E-state index in [1.807, 2.05) is 25.3 Å². The molecule has 0 fully saturated rings. The maximum Gasteiger partial charge on any atom is 0.288 e. The first kappa shape index (κ1) is 16.8. The standard InChI is InChI=1S/C14H12BrN3S2.BrH/c1-8-13(19-9(2)17-8)12-7-16-14(20-12)18-11-5-3-10(15)4-6-11;/h3-7H,1-2H3,(H,16,18);1H. The summed E-state index contributed by atoms with van der Waals surface area (Å²) in [5, 5.41) is 4.22. The monoisotopic (exact) mass is 445 g/mol. The molecule has 3 aromatic rings. The molecule has 0 spiro atoms. The van der Waals surface area contributed by atoms with Gasteiger partial charge in [-0.25, -0.2) is 4.98 Å². The average molecular weight is 447 g/mol. The Hall–Kier alpha value is -0.600. The molecule has 0 aliphatic heterocycles. The minimum Gasteiger partial charge on any atom is -1.00 e.